The van der Waals surface area contributed by atoms with Gasteiger partial charge in [-0.1, -0.05) is 0 Å². The number of pyridine rings is 1. The SMILES string of the molecule is CCOc1cncc(-c2cc(CN3CCN(c4ccc(C(=O)NCC56CC7CC(CC(C7)C5)C6)cc4)CC3)cc(OC(F)(F)F)c2)c1. The number of nitrogens with zero attached hydrogens (tertiary/aromatic N) is 3. The van der Waals surface area contributed by atoms with Crippen molar-refractivity contribution in [2.45, 2.75) is 58.4 Å². The van der Waals surface area contributed by atoms with Gasteiger partial charge >= 0.3 is 6.36 Å². The summed E-state index contributed by atoms with van der Waals surface area (Å²) in [4.78, 5) is 21.8. The third kappa shape index (κ3) is 7.53. The fourth-order valence-corrected chi connectivity index (χ4v) is 9.06. The van der Waals surface area contributed by atoms with Crippen molar-refractivity contribution >= 4 is 11.6 Å². The average Bonchev–Trinajstić information content (AvgIpc) is 3.03. The van der Waals surface area contributed by atoms with Crippen LogP contribution >= 0.6 is 0 Å². The van der Waals surface area contributed by atoms with Crippen LogP contribution < -0.4 is 19.7 Å². The highest BCUT2D eigenvalue weighted by Crippen LogP contribution is 2.59. The molecule has 250 valence electrons. The molecule has 1 aromatic heterocycles. The Kier molecular flexibility index (Phi) is 8.80. The molecule has 3 aromatic rings. The summed E-state index contributed by atoms with van der Waals surface area (Å²) >= 11 is 0. The van der Waals surface area contributed by atoms with Gasteiger partial charge in [0.1, 0.15) is 11.5 Å². The molecule has 4 saturated carbocycles. The maximum atomic E-state index is 13.2. The van der Waals surface area contributed by atoms with Crippen LogP contribution in [-0.2, 0) is 6.54 Å². The number of carbonyl (C=O) groups is 1. The zero-order chi connectivity index (χ0) is 32.6. The van der Waals surface area contributed by atoms with Gasteiger partial charge in [0.05, 0.1) is 12.8 Å². The zero-order valence-corrected chi connectivity index (χ0v) is 26.9. The number of amides is 1. The van der Waals surface area contributed by atoms with E-state index in [2.05, 4.69) is 24.8 Å². The second kappa shape index (κ2) is 13.0. The van der Waals surface area contributed by atoms with E-state index in [4.69, 9.17) is 4.74 Å². The first-order valence-electron chi connectivity index (χ1n) is 17.0. The highest BCUT2D eigenvalue weighted by molar-refractivity contribution is 5.94. The minimum absolute atomic E-state index is 0.00798. The van der Waals surface area contributed by atoms with E-state index in [1.165, 1.54) is 50.7 Å². The third-order valence-corrected chi connectivity index (χ3v) is 10.6. The summed E-state index contributed by atoms with van der Waals surface area (Å²) in [5, 5.41) is 3.28. The highest BCUT2D eigenvalue weighted by Gasteiger charge is 2.50. The standard InChI is InChI=1S/C37H43F3N4O3/c1-2-46-34-17-31(21-41-22-34)30-14-28(15-33(16-30)47-37(38,39)40)23-43-7-9-44(10-8-43)32-5-3-29(4-6-32)35(45)42-24-36-18-25-11-26(19-36)13-27(12-25)20-36/h3-6,14-17,21-22,25-27H,2,7-13,18-20,23-24H2,1H3,(H,42,45). The van der Waals surface area contributed by atoms with E-state index in [-0.39, 0.29) is 11.7 Å². The highest BCUT2D eigenvalue weighted by atomic mass is 19.4. The number of alkyl halides is 3. The lowest BCUT2D eigenvalue weighted by molar-refractivity contribution is -0.274. The van der Waals surface area contributed by atoms with E-state index in [9.17, 15) is 18.0 Å². The first-order valence-corrected chi connectivity index (χ1v) is 17.0. The molecule has 0 atom stereocenters. The predicted octanol–water partition coefficient (Wildman–Crippen LogP) is 7.31. The van der Waals surface area contributed by atoms with Gasteiger partial charge in [0.2, 0.25) is 0 Å². The maximum absolute atomic E-state index is 13.2. The number of rotatable bonds is 10. The summed E-state index contributed by atoms with van der Waals surface area (Å²) in [5.74, 6) is 2.90. The number of carbonyl (C=O) groups excluding carboxylic acids is 1. The molecule has 2 heterocycles. The minimum Gasteiger partial charge on any atom is -0.492 e. The molecule has 47 heavy (non-hydrogen) atoms. The van der Waals surface area contributed by atoms with Gasteiger partial charge in [0.25, 0.3) is 5.91 Å². The van der Waals surface area contributed by atoms with Crippen LogP contribution in [-0.4, -0.2) is 61.5 Å². The normalized spacial score (nSPS) is 25.5. The first-order chi connectivity index (χ1) is 22.6. The molecular weight excluding hydrogens is 605 g/mol. The summed E-state index contributed by atoms with van der Waals surface area (Å²) in [6.07, 6.45) is 6.42. The van der Waals surface area contributed by atoms with Crippen LogP contribution in [0.25, 0.3) is 11.1 Å². The monoisotopic (exact) mass is 648 g/mol. The lowest BCUT2D eigenvalue weighted by atomic mass is 9.49. The average molecular weight is 649 g/mol. The molecule has 5 fully saturated rings. The Morgan fingerprint density at radius 2 is 1.55 bits per heavy atom. The van der Waals surface area contributed by atoms with Crippen LogP contribution in [0.2, 0.25) is 0 Å². The summed E-state index contributed by atoms with van der Waals surface area (Å²) in [6.45, 7) is 6.62. The van der Waals surface area contributed by atoms with Crippen molar-refractivity contribution in [3.05, 3.63) is 72.1 Å². The summed E-state index contributed by atoms with van der Waals surface area (Å²) in [5.41, 5.74) is 4.02. The molecule has 4 aliphatic carbocycles. The number of piperazine rings is 1. The first kappa shape index (κ1) is 31.8. The van der Waals surface area contributed by atoms with Gasteiger partial charge in [-0.05, 0) is 128 Å². The van der Waals surface area contributed by atoms with Gasteiger partial charge in [0.15, 0.2) is 0 Å². The van der Waals surface area contributed by atoms with Gasteiger partial charge < -0.3 is 19.7 Å². The molecule has 10 heteroatoms. The van der Waals surface area contributed by atoms with Gasteiger partial charge in [-0.2, -0.15) is 0 Å². The van der Waals surface area contributed by atoms with Crippen molar-refractivity contribution in [1.29, 1.82) is 0 Å². The van der Waals surface area contributed by atoms with E-state index in [1.807, 2.05) is 37.3 Å². The van der Waals surface area contributed by atoms with Crippen molar-refractivity contribution in [3.63, 3.8) is 0 Å². The Bertz CT molecular complexity index is 1530. The Morgan fingerprint density at radius 1 is 0.894 bits per heavy atom. The molecule has 4 bridgehead atoms. The third-order valence-electron chi connectivity index (χ3n) is 10.6. The minimum atomic E-state index is -4.79. The Labute approximate surface area is 274 Å². The maximum Gasteiger partial charge on any atom is 0.573 e. The molecular formula is C37H43F3N4O3. The molecule has 8 rings (SSSR count). The number of benzene rings is 2. The van der Waals surface area contributed by atoms with Crippen LogP contribution in [0.1, 0.15) is 61.4 Å². The van der Waals surface area contributed by atoms with Gasteiger partial charge in [0, 0.05) is 62.3 Å². The molecule has 1 amide bonds. The van der Waals surface area contributed by atoms with Crippen LogP contribution in [0, 0.1) is 23.2 Å². The topological polar surface area (TPSA) is 66.9 Å². The van der Waals surface area contributed by atoms with Crippen LogP contribution in [0.5, 0.6) is 11.5 Å². The second-order valence-corrected chi connectivity index (χ2v) is 14.2. The van der Waals surface area contributed by atoms with Crippen molar-refractivity contribution in [2.24, 2.45) is 23.2 Å². The summed E-state index contributed by atoms with van der Waals surface area (Å²) in [7, 11) is 0. The van der Waals surface area contributed by atoms with E-state index in [1.54, 1.807) is 18.5 Å². The molecule has 0 unspecified atom stereocenters. The number of anilines is 1. The van der Waals surface area contributed by atoms with Gasteiger partial charge in [-0.25, -0.2) is 0 Å². The van der Waals surface area contributed by atoms with E-state index >= 15 is 0 Å². The van der Waals surface area contributed by atoms with Gasteiger partial charge in [-0.3, -0.25) is 14.7 Å². The lowest BCUT2D eigenvalue weighted by Crippen LogP contribution is -2.51. The number of hydrogen-bond acceptors (Lipinski definition) is 6. The number of halogens is 3. The number of ether oxygens (including phenoxy) is 2. The molecule has 7 nitrogen and oxygen atoms in total. The molecule has 2 aromatic carbocycles. The summed E-state index contributed by atoms with van der Waals surface area (Å²) < 4.78 is 49.4. The Morgan fingerprint density at radius 3 is 2.19 bits per heavy atom. The van der Waals surface area contributed by atoms with Crippen molar-refractivity contribution in [3.8, 4) is 22.6 Å². The smallest absolute Gasteiger partial charge is 0.492 e. The molecule has 1 saturated heterocycles. The molecule has 0 radical (unpaired) electrons. The number of nitrogens with one attached hydrogen (secondary N) is 1. The molecule has 1 aliphatic heterocycles. The molecule has 1 N–H and O–H groups in total. The zero-order valence-electron chi connectivity index (χ0n) is 26.9. The number of hydrogen-bond donors (Lipinski definition) is 1. The van der Waals surface area contributed by atoms with Crippen LogP contribution in [0.3, 0.4) is 0 Å². The van der Waals surface area contributed by atoms with E-state index in [0.29, 0.717) is 41.0 Å². The fourth-order valence-electron chi connectivity index (χ4n) is 9.06. The second-order valence-electron chi connectivity index (χ2n) is 14.2. The largest absolute Gasteiger partial charge is 0.573 e. The molecule has 5 aliphatic rings. The quantitative estimate of drug-likeness (QED) is 0.249. The fraction of sp³-hybridized carbons (Fsp3) is 0.514. The molecule has 0 spiro atoms. The summed E-state index contributed by atoms with van der Waals surface area (Å²) in [6, 6.07) is 14.4. The van der Waals surface area contributed by atoms with E-state index < -0.39 is 6.36 Å². The van der Waals surface area contributed by atoms with Crippen molar-refractivity contribution in [2.75, 3.05) is 44.2 Å². The lowest BCUT2D eigenvalue weighted by Gasteiger charge is -2.56. The Balaban J connectivity index is 0.952. The number of aromatic nitrogens is 1. The van der Waals surface area contributed by atoms with Crippen LogP contribution in [0.4, 0.5) is 18.9 Å². The van der Waals surface area contributed by atoms with Gasteiger partial charge in [-0.15, -0.1) is 13.2 Å². The van der Waals surface area contributed by atoms with E-state index in [0.717, 1.165) is 61.7 Å². The van der Waals surface area contributed by atoms with Crippen molar-refractivity contribution in [1.82, 2.24) is 15.2 Å². The van der Waals surface area contributed by atoms with Crippen LogP contribution in [0.15, 0.2) is 60.9 Å². The predicted molar refractivity (Wildman–Crippen MR) is 174 cm³/mol. The van der Waals surface area contributed by atoms with Crippen molar-refractivity contribution < 1.29 is 27.4 Å². The Hall–Kier alpha value is -3.79.